The Bertz CT molecular complexity index is 380. The minimum absolute atomic E-state index is 0.226. The summed E-state index contributed by atoms with van der Waals surface area (Å²) in [7, 11) is 1.41. The molecule has 0 radical (unpaired) electrons. The van der Waals surface area contributed by atoms with Gasteiger partial charge in [0.1, 0.15) is 0 Å². The Hall–Kier alpha value is -1.35. The second kappa shape index (κ2) is 9.54. The van der Waals surface area contributed by atoms with Crippen molar-refractivity contribution in [1.82, 2.24) is 0 Å². The van der Waals surface area contributed by atoms with E-state index in [1.54, 1.807) is 0 Å². The van der Waals surface area contributed by atoms with Crippen LogP contribution in [-0.2, 0) is 21.4 Å². The number of aliphatic hydroxyl groups excluding tert-OH is 1. The number of hydrogen-bond donors (Lipinski definition) is 1. The van der Waals surface area contributed by atoms with Crippen molar-refractivity contribution in [2.45, 2.75) is 52.4 Å². The third kappa shape index (κ3) is 5.33. The summed E-state index contributed by atoms with van der Waals surface area (Å²) in [5, 5.41) is 8.73. The van der Waals surface area contributed by atoms with Gasteiger partial charge in [0, 0.05) is 6.61 Å². The molecule has 3 nitrogen and oxygen atoms in total. The average molecular weight is 280 g/mol. The standard InChI is InChI=1S/C15H22O3.C2H6/c1-15(2,14(17)18-3)13-9-7-12(8-10-13)6-4-5-11-16;1-2/h7-10,16H,4-6,11H2,1-3H3;1-2H3. The van der Waals surface area contributed by atoms with Gasteiger partial charge in [-0.3, -0.25) is 4.79 Å². The Labute approximate surface area is 123 Å². The average Bonchev–Trinajstić information content (AvgIpc) is 2.49. The van der Waals surface area contributed by atoms with Gasteiger partial charge in [0.05, 0.1) is 12.5 Å². The number of carbonyl (C=O) groups excluding carboxylic acids is 1. The quantitative estimate of drug-likeness (QED) is 0.641. The van der Waals surface area contributed by atoms with Crippen molar-refractivity contribution in [2.24, 2.45) is 0 Å². The third-order valence-electron chi connectivity index (χ3n) is 3.24. The SMILES string of the molecule is CC.COC(=O)C(C)(C)c1ccc(CCCCO)cc1. The predicted molar refractivity (Wildman–Crippen MR) is 82.9 cm³/mol. The maximum Gasteiger partial charge on any atom is 0.315 e. The van der Waals surface area contributed by atoms with Crippen molar-refractivity contribution < 1.29 is 14.6 Å². The number of aryl methyl sites for hydroxylation is 1. The number of carbonyl (C=O) groups is 1. The lowest BCUT2D eigenvalue weighted by Gasteiger charge is -2.22. The topological polar surface area (TPSA) is 46.5 Å². The highest BCUT2D eigenvalue weighted by atomic mass is 16.5. The molecule has 1 N–H and O–H groups in total. The Morgan fingerprint density at radius 3 is 2.15 bits per heavy atom. The van der Waals surface area contributed by atoms with Crippen LogP contribution in [0.5, 0.6) is 0 Å². The molecule has 0 amide bonds. The van der Waals surface area contributed by atoms with Gasteiger partial charge in [0.2, 0.25) is 0 Å². The van der Waals surface area contributed by atoms with Gasteiger partial charge in [-0.15, -0.1) is 0 Å². The molecule has 0 heterocycles. The minimum Gasteiger partial charge on any atom is -0.468 e. The summed E-state index contributed by atoms with van der Waals surface area (Å²) in [4.78, 5) is 11.7. The van der Waals surface area contributed by atoms with Gasteiger partial charge in [-0.1, -0.05) is 38.1 Å². The van der Waals surface area contributed by atoms with E-state index < -0.39 is 5.41 Å². The lowest BCUT2D eigenvalue weighted by Crippen LogP contribution is -2.30. The number of methoxy groups -OCH3 is 1. The second-order valence-corrected chi connectivity index (χ2v) is 4.99. The number of benzene rings is 1. The van der Waals surface area contributed by atoms with Crippen molar-refractivity contribution in [1.29, 1.82) is 0 Å². The van der Waals surface area contributed by atoms with E-state index in [0.717, 1.165) is 24.8 Å². The maximum atomic E-state index is 11.7. The highest BCUT2D eigenvalue weighted by molar-refractivity contribution is 5.82. The van der Waals surface area contributed by atoms with Crippen LogP contribution in [0.15, 0.2) is 24.3 Å². The minimum atomic E-state index is -0.613. The third-order valence-corrected chi connectivity index (χ3v) is 3.24. The largest absolute Gasteiger partial charge is 0.468 e. The lowest BCUT2D eigenvalue weighted by atomic mass is 9.84. The molecule has 0 spiro atoms. The number of rotatable bonds is 6. The summed E-state index contributed by atoms with van der Waals surface area (Å²) >= 11 is 0. The molecule has 1 rings (SSSR count). The van der Waals surface area contributed by atoms with E-state index in [1.165, 1.54) is 12.7 Å². The number of ether oxygens (including phenoxy) is 1. The second-order valence-electron chi connectivity index (χ2n) is 4.99. The smallest absolute Gasteiger partial charge is 0.315 e. The van der Waals surface area contributed by atoms with Crippen LogP contribution in [0.25, 0.3) is 0 Å². The van der Waals surface area contributed by atoms with Crippen LogP contribution in [0.3, 0.4) is 0 Å². The Kier molecular flexibility index (Phi) is 8.89. The summed E-state index contributed by atoms with van der Waals surface area (Å²) < 4.78 is 4.81. The fraction of sp³-hybridized carbons (Fsp3) is 0.588. The Balaban J connectivity index is 0.00000172. The van der Waals surface area contributed by atoms with Crippen LogP contribution in [0.1, 0.15) is 51.7 Å². The molecule has 3 heteroatoms. The van der Waals surface area contributed by atoms with Crippen molar-refractivity contribution in [3.8, 4) is 0 Å². The van der Waals surface area contributed by atoms with E-state index >= 15 is 0 Å². The number of hydrogen-bond acceptors (Lipinski definition) is 3. The predicted octanol–water partition coefficient (Wildman–Crippen LogP) is 3.48. The highest BCUT2D eigenvalue weighted by Crippen LogP contribution is 2.25. The zero-order chi connectivity index (χ0) is 15.6. The van der Waals surface area contributed by atoms with Gasteiger partial charge in [0.25, 0.3) is 0 Å². The van der Waals surface area contributed by atoms with Crippen LogP contribution < -0.4 is 0 Å². The van der Waals surface area contributed by atoms with E-state index in [4.69, 9.17) is 9.84 Å². The molecule has 0 aliphatic heterocycles. The van der Waals surface area contributed by atoms with E-state index in [0.29, 0.717) is 0 Å². The summed E-state index contributed by atoms with van der Waals surface area (Å²) in [5.74, 6) is -0.226. The molecule has 0 fully saturated rings. The zero-order valence-electron chi connectivity index (χ0n) is 13.4. The molecule has 0 unspecified atom stereocenters. The van der Waals surface area contributed by atoms with Gasteiger partial charge in [-0.25, -0.2) is 0 Å². The molecule has 0 aliphatic rings. The molecule has 1 aromatic carbocycles. The molecule has 0 aliphatic carbocycles. The molecule has 114 valence electrons. The summed E-state index contributed by atoms with van der Waals surface area (Å²) in [6.45, 7) is 7.96. The van der Waals surface area contributed by atoms with Crippen LogP contribution in [0.4, 0.5) is 0 Å². The van der Waals surface area contributed by atoms with Gasteiger partial charge in [-0.05, 0) is 44.2 Å². The monoisotopic (exact) mass is 280 g/mol. The normalized spacial score (nSPS) is 10.5. The molecule has 0 aromatic heterocycles. The first-order valence-electron chi connectivity index (χ1n) is 7.31. The first-order valence-corrected chi connectivity index (χ1v) is 7.31. The van der Waals surface area contributed by atoms with E-state index in [9.17, 15) is 4.79 Å². The Morgan fingerprint density at radius 2 is 1.70 bits per heavy atom. The molecule has 1 aromatic rings. The molecule has 0 saturated carbocycles. The number of aliphatic hydroxyl groups is 1. The molecule has 20 heavy (non-hydrogen) atoms. The summed E-state index contributed by atoms with van der Waals surface area (Å²) in [5.41, 5.74) is 1.58. The molecular formula is C17H28O3. The van der Waals surface area contributed by atoms with Crippen molar-refractivity contribution in [3.05, 3.63) is 35.4 Å². The van der Waals surface area contributed by atoms with Crippen LogP contribution in [-0.4, -0.2) is 24.8 Å². The van der Waals surface area contributed by atoms with E-state index in [1.807, 2.05) is 52.0 Å². The van der Waals surface area contributed by atoms with Gasteiger partial charge in [0.15, 0.2) is 0 Å². The fourth-order valence-electron chi connectivity index (χ4n) is 1.90. The first-order chi connectivity index (χ1) is 9.52. The van der Waals surface area contributed by atoms with E-state index in [-0.39, 0.29) is 12.6 Å². The van der Waals surface area contributed by atoms with E-state index in [2.05, 4.69) is 0 Å². The van der Waals surface area contributed by atoms with Gasteiger partial charge in [-0.2, -0.15) is 0 Å². The fourth-order valence-corrected chi connectivity index (χ4v) is 1.90. The summed E-state index contributed by atoms with van der Waals surface area (Å²) in [6, 6.07) is 8.03. The lowest BCUT2D eigenvalue weighted by molar-refractivity contribution is -0.146. The van der Waals surface area contributed by atoms with Crippen LogP contribution in [0.2, 0.25) is 0 Å². The number of unbranched alkanes of at least 4 members (excludes halogenated alkanes) is 1. The van der Waals surface area contributed by atoms with Crippen LogP contribution >= 0.6 is 0 Å². The van der Waals surface area contributed by atoms with Crippen molar-refractivity contribution in [3.63, 3.8) is 0 Å². The van der Waals surface area contributed by atoms with Gasteiger partial charge < -0.3 is 9.84 Å². The first kappa shape index (κ1) is 18.7. The van der Waals surface area contributed by atoms with Crippen LogP contribution in [0, 0.1) is 0 Å². The van der Waals surface area contributed by atoms with Gasteiger partial charge >= 0.3 is 5.97 Å². The molecule has 0 saturated heterocycles. The molecule has 0 bridgehead atoms. The molecule has 0 atom stereocenters. The summed E-state index contributed by atoms with van der Waals surface area (Å²) in [6.07, 6.45) is 2.77. The maximum absolute atomic E-state index is 11.7. The van der Waals surface area contributed by atoms with Crippen molar-refractivity contribution in [2.75, 3.05) is 13.7 Å². The zero-order valence-corrected chi connectivity index (χ0v) is 13.4. The number of esters is 1. The van der Waals surface area contributed by atoms with Crippen molar-refractivity contribution >= 4 is 5.97 Å². The molecular weight excluding hydrogens is 252 g/mol. The Morgan fingerprint density at radius 1 is 1.15 bits per heavy atom. The highest BCUT2D eigenvalue weighted by Gasteiger charge is 2.30.